The van der Waals surface area contributed by atoms with Crippen LogP contribution in [0.15, 0.2) is 24.5 Å². The Hall–Kier alpha value is -2.04. The van der Waals surface area contributed by atoms with E-state index < -0.39 is 26.8 Å². The van der Waals surface area contributed by atoms with Crippen LogP contribution in [-0.2, 0) is 13.8 Å². The van der Waals surface area contributed by atoms with Crippen molar-refractivity contribution < 1.29 is 28.7 Å². The molecule has 0 radical (unpaired) electrons. The molecule has 12 heteroatoms. The van der Waals surface area contributed by atoms with Crippen LogP contribution >= 0.6 is 7.82 Å². The molecule has 11 nitrogen and oxygen atoms in total. The van der Waals surface area contributed by atoms with Gasteiger partial charge < -0.3 is 25.4 Å². The molecular formula is C10H12N5O6P. The second-order valence-electron chi connectivity index (χ2n) is 4.48. The zero-order valence-electron chi connectivity index (χ0n) is 11.0. The minimum absolute atomic E-state index is 0.205. The molecule has 0 aliphatic carbocycles. The van der Waals surface area contributed by atoms with Gasteiger partial charge in [-0.1, -0.05) is 0 Å². The molecule has 0 amide bonds. The quantitative estimate of drug-likeness (QED) is 0.554. The smallest absolute Gasteiger partial charge is 0.469 e. The summed E-state index contributed by atoms with van der Waals surface area (Å²) < 4.78 is 22.0. The number of rotatable bonds is 4. The van der Waals surface area contributed by atoms with E-state index in [0.717, 1.165) is 0 Å². The third kappa shape index (κ3) is 2.80. The fourth-order valence-corrected chi connectivity index (χ4v) is 2.35. The molecule has 0 saturated carbocycles. The summed E-state index contributed by atoms with van der Waals surface area (Å²) in [5, 5.41) is 9.79. The first kappa shape index (κ1) is 14.9. The van der Waals surface area contributed by atoms with Crippen molar-refractivity contribution in [2.45, 2.75) is 12.3 Å². The van der Waals surface area contributed by atoms with Gasteiger partial charge in [0.25, 0.3) is 0 Å². The monoisotopic (exact) mass is 329 g/mol. The molecule has 118 valence electrons. The molecule has 0 fully saturated rings. The van der Waals surface area contributed by atoms with Crippen LogP contribution in [0.25, 0.3) is 11.2 Å². The van der Waals surface area contributed by atoms with Gasteiger partial charge in [0.1, 0.15) is 23.7 Å². The molecule has 5 N–H and O–H groups in total. The van der Waals surface area contributed by atoms with Gasteiger partial charge in [-0.15, -0.1) is 0 Å². The molecular weight excluding hydrogens is 317 g/mol. The Balaban J connectivity index is 1.82. The van der Waals surface area contributed by atoms with Crippen molar-refractivity contribution in [1.82, 2.24) is 19.5 Å². The number of nitrogens with zero attached hydrogens (tertiary/aromatic N) is 4. The Morgan fingerprint density at radius 3 is 2.91 bits per heavy atom. The predicted octanol–water partition coefficient (Wildman–Crippen LogP) is -0.143. The van der Waals surface area contributed by atoms with Gasteiger partial charge in [0.15, 0.2) is 17.7 Å². The number of nitrogens with two attached hydrogens (primary N) is 1. The third-order valence-corrected chi connectivity index (χ3v) is 3.49. The van der Waals surface area contributed by atoms with Crippen molar-refractivity contribution >= 4 is 24.8 Å². The maximum absolute atomic E-state index is 10.7. The Morgan fingerprint density at radius 1 is 1.41 bits per heavy atom. The number of nitrogen functional groups attached to an aromatic ring is 1. The largest absolute Gasteiger partial charge is 0.510 e. The van der Waals surface area contributed by atoms with Gasteiger partial charge in [-0.05, 0) is 0 Å². The highest BCUT2D eigenvalue weighted by Crippen LogP contribution is 2.38. The Morgan fingerprint density at radius 2 is 2.18 bits per heavy atom. The van der Waals surface area contributed by atoms with Crippen molar-refractivity contribution in [3.05, 3.63) is 24.5 Å². The SMILES string of the molecule is Nc1ncnc2c1ncn2[C@H]1C=C(O)[C@@H](COP(=O)(O)O)O1. The summed E-state index contributed by atoms with van der Waals surface area (Å²) >= 11 is 0. The summed E-state index contributed by atoms with van der Waals surface area (Å²) in [6, 6.07) is 0. The van der Waals surface area contributed by atoms with E-state index in [1.54, 1.807) is 0 Å². The highest BCUT2D eigenvalue weighted by Gasteiger charge is 2.31. The van der Waals surface area contributed by atoms with Crippen LogP contribution in [-0.4, -0.2) is 47.1 Å². The molecule has 0 bridgehead atoms. The van der Waals surface area contributed by atoms with Crippen LogP contribution in [0.5, 0.6) is 0 Å². The molecule has 2 aromatic heterocycles. The van der Waals surface area contributed by atoms with Crippen molar-refractivity contribution in [2.75, 3.05) is 12.3 Å². The number of ether oxygens (including phenoxy) is 1. The van der Waals surface area contributed by atoms with E-state index in [1.165, 1.54) is 23.3 Å². The summed E-state index contributed by atoms with van der Waals surface area (Å²) in [5.41, 5.74) is 6.46. The number of imidazole rings is 1. The summed E-state index contributed by atoms with van der Waals surface area (Å²) in [6.45, 7) is -0.493. The minimum atomic E-state index is -4.64. The highest BCUT2D eigenvalue weighted by molar-refractivity contribution is 7.46. The van der Waals surface area contributed by atoms with Gasteiger partial charge >= 0.3 is 7.82 Å². The number of aliphatic hydroxyl groups is 1. The van der Waals surface area contributed by atoms with Gasteiger partial charge in [-0.2, -0.15) is 0 Å². The fourth-order valence-electron chi connectivity index (χ4n) is 2.02. The number of anilines is 1. The fraction of sp³-hybridized carbons (Fsp3) is 0.300. The van der Waals surface area contributed by atoms with Crippen LogP contribution in [0.3, 0.4) is 0 Å². The van der Waals surface area contributed by atoms with E-state index in [4.69, 9.17) is 20.3 Å². The lowest BCUT2D eigenvalue weighted by molar-refractivity contribution is -0.0213. The average molecular weight is 329 g/mol. The van der Waals surface area contributed by atoms with E-state index in [2.05, 4.69) is 19.5 Å². The molecule has 1 aliphatic heterocycles. The molecule has 3 heterocycles. The lowest BCUT2D eigenvalue weighted by atomic mass is 10.3. The average Bonchev–Trinajstić information content (AvgIpc) is 3.00. The lowest BCUT2D eigenvalue weighted by Gasteiger charge is -2.16. The van der Waals surface area contributed by atoms with Crippen LogP contribution in [0.4, 0.5) is 5.82 Å². The Kier molecular flexibility index (Phi) is 3.59. The molecule has 22 heavy (non-hydrogen) atoms. The lowest BCUT2D eigenvalue weighted by Crippen LogP contribution is -2.19. The summed E-state index contributed by atoms with van der Waals surface area (Å²) in [7, 11) is -4.64. The van der Waals surface area contributed by atoms with Crippen LogP contribution in [0, 0.1) is 0 Å². The second-order valence-corrected chi connectivity index (χ2v) is 5.72. The van der Waals surface area contributed by atoms with E-state index in [-0.39, 0.29) is 11.6 Å². The van der Waals surface area contributed by atoms with E-state index in [0.29, 0.717) is 11.2 Å². The number of phosphoric ester groups is 1. The highest BCUT2D eigenvalue weighted by atomic mass is 31.2. The minimum Gasteiger partial charge on any atom is -0.510 e. The standard InChI is InChI=1S/C10H12N5O6P/c11-9-8-10(13-3-12-9)15(4-14-8)7-1-5(16)6(21-7)2-20-22(17,18)19/h1,3-4,6-7,16H,2H2,(H2,11,12,13)(H2,17,18,19)/t6-,7-/m1/s1. The molecule has 3 rings (SSSR count). The number of aliphatic hydroxyl groups excluding tert-OH is 1. The summed E-state index contributed by atoms with van der Waals surface area (Å²) in [4.78, 5) is 29.3. The van der Waals surface area contributed by atoms with Crippen molar-refractivity contribution in [1.29, 1.82) is 0 Å². The Labute approximate surface area is 123 Å². The van der Waals surface area contributed by atoms with Crippen LogP contribution in [0.1, 0.15) is 6.23 Å². The molecule has 0 unspecified atom stereocenters. The molecule has 2 atom stereocenters. The van der Waals surface area contributed by atoms with E-state index in [9.17, 15) is 9.67 Å². The van der Waals surface area contributed by atoms with Gasteiger partial charge in [0, 0.05) is 6.08 Å². The number of aromatic nitrogens is 4. The number of hydrogen-bond donors (Lipinski definition) is 4. The van der Waals surface area contributed by atoms with Crippen LogP contribution < -0.4 is 5.73 Å². The van der Waals surface area contributed by atoms with Crippen molar-refractivity contribution in [3.63, 3.8) is 0 Å². The molecule has 0 spiro atoms. The van der Waals surface area contributed by atoms with Crippen molar-refractivity contribution in [3.8, 4) is 0 Å². The Bertz CT molecular complexity index is 785. The normalized spacial score (nSPS) is 22.2. The summed E-state index contributed by atoms with van der Waals surface area (Å²) in [5.74, 6) is -0.00124. The van der Waals surface area contributed by atoms with Gasteiger partial charge in [-0.25, -0.2) is 19.5 Å². The number of phosphoric acid groups is 1. The maximum atomic E-state index is 10.7. The zero-order valence-corrected chi connectivity index (χ0v) is 11.9. The van der Waals surface area contributed by atoms with E-state index in [1.807, 2.05) is 0 Å². The second kappa shape index (κ2) is 5.30. The number of hydrogen-bond acceptors (Lipinski definition) is 8. The first-order chi connectivity index (χ1) is 10.3. The van der Waals surface area contributed by atoms with E-state index >= 15 is 0 Å². The van der Waals surface area contributed by atoms with Gasteiger partial charge in [-0.3, -0.25) is 9.09 Å². The van der Waals surface area contributed by atoms with Gasteiger partial charge in [0.2, 0.25) is 0 Å². The van der Waals surface area contributed by atoms with Crippen molar-refractivity contribution in [2.24, 2.45) is 0 Å². The van der Waals surface area contributed by atoms with Gasteiger partial charge in [0.05, 0.1) is 12.9 Å². The number of fused-ring (bicyclic) bond motifs is 1. The maximum Gasteiger partial charge on any atom is 0.469 e. The molecule has 0 aromatic carbocycles. The molecule has 1 aliphatic rings. The molecule has 2 aromatic rings. The van der Waals surface area contributed by atoms with Crippen LogP contribution in [0.2, 0.25) is 0 Å². The first-order valence-electron chi connectivity index (χ1n) is 6.04. The topological polar surface area (TPSA) is 166 Å². The summed E-state index contributed by atoms with van der Waals surface area (Å²) in [6.07, 6.45) is 2.27. The third-order valence-electron chi connectivity index (χ3n) is 3.00. The predicted molar refractivity (Wildman–Crippen MR) is 72.4 cm³/mol. The first-order valence-corrected chi connectivity index (χ1v) is 7.57. The zero-order chi connectivity index (χ0) is 15.9. The molecule has 0 saturated heterocycles.